The van der Waals surface area contributed by atoms with E-state index in [0.29, 0.717) is 51.0 Å². The number of hydrogen-bond acceptors (Lipinski definition) is 7. The largest absolute Gasteiger partial charge is 0.490 e. The van der Waals surface area contributed by atoms with Gasteiger partial charge in [0.1, 0.15) is 12.7 Å². The highest BCUT2D eigenvalue weighted by molar-refractivity contribution is 5.85. The van der Waals surface area contributed by atoms with Gasteiger partial charge in [-0.15, -0.1) is 12.4 Å². The lowest BCUT2D eigenvalue weighted by atomic mass is 10.1. The molecule has 1 fully saturated rings. The molecule has 1 heterocycles. The molecule has 0 bridgehead atoms. The predicted molar refractivity (Wildman–Crippen MR) is 126 cm³/mol. The van der Waals surface area contributed by atoms with Gasteiger partial charge in [-0.25, -0.2) is 4.79 Å². The Morgan fingerprint density at radius 1 is 1.16 bits per heavy atom. The standard InChI is InChI=1S/C23H38N2O6.ClH/c1-6-27-20-9-7-8-10-21(20)29-14-18-13-25(11-12-28-18)23(26)31-22(17(4)5)30-15-19(24)16(2)3;/h7-10,16-19,22H,6,11-15,24H2,1-5H3;1H/t18-,19+,22?;/m0./s1. The Hall–Kier alpha value is -1.74. The van der Waals surface area contributed by atoms with Gasteiger partial charge in [0.2, 0.25) is 6.29 Å². The molecule has 0 radical (unpaired) electrons. The number of benzene rings is 1. The number of nitrogens with two attached hydrogens (primary N) is 1. The molecule has 0 aromatic heterocycles. The van der Waals surface area contributed by atoms with Crippen molar-refractivity contribution in [2.24, 2.45) is 17.6 Å². The van der Waals surface area contributed by atoms with Gasteiger partial charge in [0.25, 0.3) is 0 Å². The SMILES string of the molecule is CCOc1ccccc1OC[C@@H]1CN(C(=O)OC(OC[C@@H](N)C(C)C)C(C)C)CCO1.Cl. The summed E-state index contributed by atoms with van der Waals surface area (Å²) < 4.78 is 28.7. The van der Waals surface area contributed by atoms with E-state index in [-0.39, 0.29) is 36.4 Å². The van der Waals surface area contributed by atoms with Crippen molar-refractivity contribution in [3.63, 3.8) is 0 Å². The van der Waals surface area contributed by atoms with Crippen LogP contribution < -0.4 is 15.2 Å². The number of para-hydroxylation sites is 2. The number of morpholine rings is 1. The van der Waals surface area contributed by atoms with Crippen molar-refractivity contribution in [3.8, 4) is 11.5 Å². The molecule has 1 aromatic rings. The van der Waals surface area contributed by atoms with Gasteiger partial charge in [0.15, 0.2) is 11.5 Å². The third kappa shape index (κ3) is 9.02. The highest BCUT2D eigenvalue weighted by Crippen LogP contribution is 2.26. The first-order chi connectivity index (χ1) is 14.8. The van der Waals surface area contributed by atoms with Crippen molar-refractivity contribution in [2.75, 3.05) is 39.5 Å². The molecule has 1 unspecified atom stereocenters. The van der Waals surface area contributed by atoms with Crippen LogP contribution in [-0.2, 0) is 14.2 Å². The zero-order valence-electron chi connectivity index (χ0n) is 19.8. The van der Waals surface area contributed by atoms with Crippen LogP contribution in [0.2, 0.25) is 0 Å². The van der Waals surface area contributed by atoms with Gasteiger partial charge in [-0.2, -0.15) is 0 Å². The molecular formula is C23H39ClN2O6. The summed E-state index contributed by atoms with van der Waals surface area (Å²) >= 11 is 0. The van der Waals surface area contributed by atoms with Gasteiger partial charge >= 0.3 is 6.09 Å². The summed E-state index contributed by atoms with van der Waals surface area (Å²) in [5.41, 5.74) is 6.05. The van der Waals surface area contributed by atoms with Gasteiger partial charge in [-0.3, -0.25) is 0 Å². The molecule has 8 nitrogen and oxygen atoms in total. The van der Waals surface area contributed by atoms with Crippen LogP contribution in [0.4, 0.5) is 4.79 Å². The summed E-state index contributed by atoms with van der Waals surface area (Å²) in [4.78, 5) is 14.4. The zero-order chi connectivity index (χ0) is 22.8. The Bertz CT molecular complexity index is 676. The van der Waals surface area contributed by atoms with E-state index in [0.717, 1.165) is 0 Å². The molecule has 3 atom stereocenters. The van der Waals surface area contributed by atoms with Crippen molar-refractivity contribution in [3.05, 3.63) is 24.3 Å². The number of amides is 1. The molecule has 184 valence electrons. The van der Waals surface area contributed by atoms with Crippen LogP contribution in [0.25, 0.3) is 0 Å². The summed E-state index contributed by atoms with van der Waals surface area (Å²) in [7, 11) is 0. The first-order valence-corrected chi connectivity index (χ1v) is 11.1. The van der Waals surface area contributed by atoms with E-state index in [1.54, 1.807) is 4.90 Å². The van der Waals surface area contributed by atoms with E-state index in [1.165, 1.54) is 0 Å². The third-order valence-electron chi connectivity index (χ3n) is 5.04. The quantitative estimate of drug-likeness (QED) is 0.489. The number of halogens is 1. The summed E-state index contributed by atoms with van der Waals surface area (Å²) in [5.74, 6) is 1.64. The monoisotopic (exact) mass is 474 g/mol. The first kappa shape index (κ1) is 28.3. The van der Waals surface area contributed by atoms with Crippen molar-refractivity contribution in [1.82, 2.24) is 4.90 Å². The van der Waals surface area contributed by atoms with E-state index in [2.05, 4.69) is 0 Å². The minimum Gasteiger partial charge on any atom is -0.490 e. The lowest BCUT2D eigenvalue weighted by Gasteiger charge is -2.34. The number of hydrogen-bond donors (Lipinski definition) is 1. The molecule has 1 aromatic carbocycles. The maximum absolute atomic E-state index is 12.7. The van der Waals surface area contributed by atoms with Gasteiger partial charge in [-0.1, -0.05) is 39.8 Å². The first-order valence-electron chi connectivity index (χ1n) is 11.1. The topological polar surface area (TPSA) is 92.5 Å². The fourth-order valence-electron chi connectivity index (χ4n) is 2.95. The van der Waals surface area contributed by atoms with Crippen LogP contribution in [0, 0.1) is 11.8 Å². The fraction of sp³-hybridized carbons (Fsp3) is 0.696. The minimum atomic E-state index is -0.645. The predicted octanol–water partition coefficient (Wildman–Crippen LogP) is 3.71. The Labute approximate surface area is 198 Å². The molecular weight excluding hydrogens is 436 g/mol. The molecule has 0 spiro atoms. The van der Waals surface area contributed by atoms with Crippen LogP contribution in [0.15, 0.2) is 24.3 Å². The molecule has 0 saturated carbocycles. The lowest BCUT2D eigenvalue weighted by molar-refractivity contribution is -0.145. The van der Waals surface area contributed by atoms with Gasteiger partial charge in [0.05, 0.1) is 26.4 Å². The summed E-state index contributed by atoms with van der Waals surface area (Å²) in [6, 6.07) is 7.40. The van der Waals surface area contributed by atoms with Gasteiger partial charge in [0, 0.05) is 18.5 Å². The van der Waals surface area contributed by atoms with Gasteiger partial charge in [-0.05, 0) is 25.0 Å². The van der Waals surface area contributed by atoms with E-state index in [9.17, 15) is 4.79 Å². The summed E-state index contributed by atoms with van der Waals surface area (Å²) in [6.07, 6.45) is -1.32. The van der Waals surface area contributed by atoms with Gasteiger partial charge < -0.3 is 34.3 Å². The number of carbonyl (C=O) groups excluding carboxylic acids is 1. The molecule has 9 heteroatoms. The molecule has 1 saturated heterocycles. The second-order valence-electron chi connectivity index (χ2n) is 8.37. The molecule has 1 aliphatic heterocycles. The Morgan fingerprint density at radius 2 is 1.81 bits per heavy atom. The Kier molecular flexibility index (Phi) is 12.7. The summed E-state index contributed by atoms with van der Waals surface area (Å²) in [5, 5.41) is 0. The van der Waals surface area contributed by atoms with Crippen molar-refractivity contribution < 1.29 is 28.5 Å². The van der Waals surface area contributed by atoms with E-state index in [1.807, 2.05) is 58.9 Å². The van der Waals surface area contributed by atoms with E-state index in [4.69, 9.17) is 29.4 Å². The maximum atomic E-state index is 12.7. The summed E-state index contributed by atoms with van der Waals surface area (Å²) in [6.45, 7) is 12.4. The second kappa shape index (κ2) is 14.4. The number of nitrogens with zero attached hydrogens (tertiary/aromatic N) is 1. The van der Waals surface area contributed by atoms with Crippen LogP contribution in [0.5, 0.6) is 11.5 Å². The normalized spacial score (nSPS) is 18.1. The Balaban J connectivity index is 0.00000512. The molecule has 1 aliphatic rings. The third-order valence-corrected chi connectivity index (χ3v) is 5.04. The molecule has 0 aliphatic carbocycles. The fourth-order valence-corrected chi connectivity index (χ4v) is 2.95. The van der Waals surface area contributed by atoms with E-state index < -0.39 is 12.4 Å². The number of rotatable bonds is 11. The number of carbonyl (C=O) groups is 1. The van der Waals surface area contributed by atoms with Crippen molar-refractivity contribution in [2.45, 2.75) is 53.1 Å². The average molecular weight is 475 g/mol. The average Bonchev–Trinajstić information content (AvgIpc) is 2.75. The van der Waals surface area contributed by atoms with Crippen LogP contribution in [0.3, 0.4) is 0 Å². The molecule has 1 amide bonds. The minimum absolute atomic E-state index is 0. The smallest absolute Gasteiger partial charge is 0.412 e. The molecule has 32 heavy (non-hydrogen) atoms. The Morgan fingerprint density at radius 3 is 2.41 bits per heavy atom. The van der Waals surface area contributed by atoms with Crippen molar-refractivity contribution >= 4 is 18.5 Å². The zero-order valence-corrected chi connectivity index (χ0v) is 20.6. The maximum Gasteiger partial charge on any atom is 0.412 e. The van der Waals surface area contributed by atoms with Crippen LogP contribution in [0.1, 0.15) is 34.6 Å². The van der Waals surface area contributed by atoms with Crippen LogP contribution >= 0.6 is 12.4 Å². The van der Waals surface area contributed by atoms with Crippen molar-refractivity contribution in [1.29, 1.82) is 0 Å². The van der Waals surface area contributed by atoms with E-state index >= 15 is 0 Å². The highest BCUT2D eigenvalue weighted by atomic mass is 35.5. The highest BCUT2D eigenvalue weighted by Gasteiger charge is 2.29. The van der Waals surface area contributed by atoms with Crippen LogP contribution in [-0.4, -0.2) is 68.9 Å². The lowest BCUT2D eigenvalue weighted by Crippen LogP contribution is -2.49. The molecule has 2 N–H and O–H groups in total. The second-order valence-corrected chi connectivity index (χ2v) is 8.37. The number of ether oxygens (including phenoxy) is 5. The molecule has 2 rings (SSSR count).